The smallest absolute Gasteiger partial charge is 0.122 e. The van der Waals surface area contributed by atoms with Crippen molar-refractivity contribution in [1.82, 2.24) is 9.88 Å². The van der Waals surface area contributed by atoms with Crippen molar-refractivity contribution < 1.29 is 4.42 Å². The third-order valence-corrected chi connectivity index (χ3v) is 3.10. The van der Waals surface area contributed by atoms with E-state index in [4.69, 9.17) is 22.4 Å². The Morgan fingerprint density at radius 2 is 2.26 bits per heavy atom. The molecule has 0 radical (unpaired) electrons. The number of aromatic nitrogens is 1. The van der Waals surface area contributed by atoms with Crippen molar-refractivity contribution in [3.05, 3.63) is 53.7 Å². The fourth-order valence-electron chi connectivity index (χ4n) is 1.87. The van der Waals surface area contributed by atoms with Crippen LogP contribution in [0, 0.1) is 0 Å². The molecule has 5 heteroatoms. The molecule has 0 aliphatic rings. The lowest BCUT2D eigenvalue weighted by Gasteiger charge is -2.19. The molecule has 0 saturated carbocycles. The highest BCUT2D eigenvalue weighted by atomic mass is 32.1. The van der Waals surface area contributed by atoms with Crippen molar-refractivity contribution in [1.29, 1.82) is 0 Å². The second kappa shape index (κ2) is 6.45. The Balaban J connectivity index is 2.05. The van der Waals surface area contributed by atoms with Gasteiger partial charge in [0, 0.05) is 12.7 Å². The lowest BCUT2D eigenvalue weighted by atomic mass is 10.2. The minimum Gasteiger partial charge on any atom is -0.468 e. The number of pyridine rings is 1. The minimum absolute atomic E-state index is 0.330. The van der Waals surface area contributed by atoms with Crippen molar-refractivity contribution in [2.45, 2.75) is 20.0 Å². The van der Waals surface area contributed by atoms with Crippen molar-refractivity contribution >= 4 is 17.2 Å². The Morgan fingerprint density at radius 3 is 2.89 bits per heavy atom. The maximum absolute atomic E-state index is 5.60. The fraction of sp³-hybridized carbons (Fsp3) is 0.286. The number of nitrogens with zero attached hydrogens (tertiary/aromatic N) is 2. The van der Waals surface area contributed by atoms with Gasteiger partial charge in [-0.2, -0.15) is 0 Å². The highest BCUT2D eigenvalue weighted by Gasteiger charge is 2.08. The number of rotatable bonds is 6. The van der Waals surface area contributed by atoms with Crippen molar-refractivity contribution in [3.63, 3.8) is 0 Å². The standard InChI is InChI=1S/C14H17N3OS/c1-2-17(10-12-4-3-7-18-12)9-11-5-6-16-13(8-11)14(15)19/h3-8H,2,9-10H2,1H3,(H2,15,19). The van der Waals surface area contributed by atoms with E-state index in [1.165, 1.54) is 0 Å². The van der Waals surface area contributed by atoms with Gasteiger partial charge in [-0.15, -0.1) is 0 Å². The molecule has 2 aromatic heterocycles. The Kier molecular flexibility index (Phi) is 4.65. The van der Waals surface area contributed by atoms with Gasteiger partial charge in [0.15, 0.2) is 0 Å². The zero-order chi connectivity index (χ0) is 13.7. The average Bonchev–Trinajstić information content (AvgIpc) is 2.91. The maximum Gasteiger partial charge on any atom is 0.122 e. The van der Waals surface area contributed by atoms with Crippen molar-refractivity contribution in [2.24, 2.45) is 5.73 Å². The first-order valence-corrected chi connectivity index (χ1v) is 6.59. The van der Waals surface area contributed by atoms with Gasteiger partial charge in [0.05, 0.1) is 18.5 Å². The summed E-state index contributed by atoms with van der Waals surface area (Å²) < 4.78 is 5.37. The van der Waals surface area contributed by atoms with Crippen LogP contribution >= 0.6 is 12.2 Å². The molecular formula is C14H17N3OS. The molecule has 4 nitrogen and oxygen atoms in total. The first kappa shape index (κ1) is 13.7. The van der Waals surface area contributed by atoms with E-state index in [9.17, 15) is 0 Å². The summed E-state index contributed by atoms with van der Waals surface area (Å²) >= 11 is 4.94. The van der Waals surface area contributed by atoms with Crippen LogP contribution in [0.15, 0.2) is 41.1 Å². The molecule has 0 spiro atoms. The number of nitrogens with two attached hydrogens (primary N) is 1. The van der Waals surface area contributed by atoms with Crippen molar-refractivity contribution in [2.75, 3.05) is 6.54 Å². The SMILES string of the molecule is CCN(Cc1ccnc(C(N)=S)c1)Cc1ccco1. The van der Waals surface area contributed by atoms with Gasteiger partial charge in [-0.25, -0.2) is 0 Å². The molecule has 0 aromatic carbocycles. The number of hydrogen-bond acceptors (Lipinski definition) is 4. The zero-order valence-corrected chi connectivity index (χ0v) is 11.7. The molecule has 2 N–H and O–H groups in total. The summed E-state index contributed by atoms with van der Waals surface area (Å²) in [4.78, 5) is 6.75. The molecule has 100 valence electrons. The molecule has 0 saturated heterocycles. The molecule has 0 aliphatic carbocycles. The van der Waals surface area contributed by atoms with E-state index in [-0.39, 0.29) is 0 Å². The van der Waals surface area contributed by atoms with E-state index in [1.54, 1.807) is 12.5 Å². The van der Waals surface area contributed by atoms with E-state index < -0.39 is 0 Å². The van der Waals surface area contributed by atoms with Crippen molar-refractivity contribution in [3.8, 4) is 0 Å². The second-order valence-corrected chi connectivity index (χ2v) is 4.74. The van der Waals surface area contributed by atoms with E-state index >= 15 is 0 Å². The van der Waals surface area contributed by atoms with Crippen LogP contribution in [0.25, 0.3) is 0 Å². The van der Waals surface area contributed by atoms with Crippen LogP contribution in [0.3, 0.4) is 0 Å². The first-order chi connectivity index (χ1) is 9.19. The summed E-state index contributed by atoms with van der Waals surface area (Å²) in [6.45, 7) is 4.66. The Hall–Kier alpha value is -1.72. The summed E-state index contributed by atoms with van der Waals surface area (Å²) in [5, 5.41) is 0. The van der Waals surface area contributed by atoms with Gasteiger partial charge in [-0.05, 0) is 36.4 Å². The third kappa shape index (κ3) is 3.87. The normalized spacial score (nSPS) is 10.8. The summed E-state index contributed by atoms with van der Waals surface area (Å²) in [6, 6.07) is 7.80. The van der Waals surface area contributed by atoms with Crippen LogP contribution in [0.4, 0.5) is 0 Å². The predicted molar refractivity (Wildman–Crippen MR) is 78.6 cm³/mol. The lowest BCUT2D eigenvalue weighted by Crippen LogP contribution is -2.22. The van der Waals surface area contributed by atoms with Crippen LogP contribution in [-0.4, -0.2) is 21.4 Å². The summed E-state index contributed by atoms with van der Waals surface area (Å²) in [5.41, 5.74) is 7.41. The fourth-order valence-corrected chi connectivity index (χ4v) is 1.98. The summed E-state index contributed by atoms with van der Waals surface area (Å²) in [5.74, 6) is 0.963. The minimum atomic E-state index is 0.330. The quantitative estimate of drug-likeness (QED) is 0.820. The van der Waals surface area contributed by atoms with E-state index in [0.717, 1.165) is 31.0 Å². The van der Waals surface area contributed by atoms with E-state index in [0.29, 0.717) is 10.7 Å². The average molecular weight is 275 g/mol. The predicted octanol–water partition coefficient (Wildman–Crippen LogP) is 2.33. The maximum atomic E-state index is 5.60. The van der Waals surface area contributed by atoms with Crippen LogP contribution in [0.5, 0.6) is 0 Å². The third-order valence-electron chi connectivity index (χ3n) is 2.89. The second-order valence-electron chi connectivity index (χ2n) is 4.30. The Labute approximate surface area is 118 Å². The number of thiocarbonyl (C=S) groups is 1. The monoisotopic (exact) mass is 275 g/mol. The molecule has 19 heavy (non-hydrogen) atoms. The molecule has 2 rings (SSSR count). The largest absolute Gasteiger partial charge is 0.468 e. The molecule has 2 aromatic rings. The van der Waals surface area contributed by atoms with Gasteiger partial charge in [0.25, 0.3) is 0 Å². The highest BCUT2D eigenvalue weighted by molar-refractivity contribution is 7.80. The van der Waals surface area contributed by atoms with E-state index in [1.807, 2.05) is 24.3 Å². The zero-order valence-electron chi connectivity index (χ0n) is 10.9. The van der Waals surface area contributed by atoms with Gasteiger partial charge in [-0.1, -0.05) is 19.1 Å². The molecular weight excluding hydrogens is 258 g/mol. The molecule has 0 unspecified atom stereocenters. The van der Waals surface area contributed by atoms with Crippen LogP contribution in [-0.2, 0) is 13.1 Å². The first-order valence-electron chi connectivity index (χ1n) is 6.18. The molecule has 0 fully saturated rings. The number of hydrogen-bond donors (Lipinski definition) is 1. The summed E-state index contributed by atoms with van der Waals surface area (Å²) in [6.07, 6.45) is 3.44. The van der Waals surface area contributed by atoms with Crippen LogP contribution < -0.4 is 5.73 Å². The molecule has 0 atom stereocenters. The van der Waals surface area contributed by atoms with Gasteiger partial charge >= 0.3 is 0 Å². The highest BCUT2D eigenvalue weighted by Crippen LogP contribution is 2.10. The van der Waals surface area contributed by atoms with Gasteiger partial charge < -0.3 is 10.2 Å². The molecule has 0 bridgehead atoms. The number of furan rings is 1. The van der Waals surface area contributed by atoms with E-state index in [2.05, 4.69) is 16.8 Å². The lowest BCUT2D eigenvalue weighted by molar-refractivity contribution is 0.248. The van der Waals surface area contributed by atoms with Gasteiger partial charge in [-0.3, -0.25) is 9.88 Å². The summed E-state index contributed by atoms with van der Waals surface area (Å²) in [7, 11) is 0. The van der Waals surface area contributed by atoms with Gasteiger partial charge in [0.1, 0.15) is 10.7 Å². The van der Waals surface area contributed by atoms with Crippen LogP contribution in [0.1, 0.15) is 23.9 Å². The molecule has 0 aliphatic heterocycles. The molecule has 2 heterocycles. The Bertz CT molecular complexity index is 539. The molecule has 0 amide bonds. The Morgan fingerprint density at radius 1 is 1.42 bits per heavy atom. The topological polar surface area (TPSA) is 55.3 Å². The van der Waals surface area contributed by atoms with Crippen LogP contribution in [0.2, 0.25) is 0 Å². The van der Waals surface area contributed by atoms with Gasteiger partial charge in [0.2, 0.25) is 0 Å².